The monoisotopic (exact) mass is 295 g/mol. The fourth-order valence-corrected chi connectivity index (χ4v) is 1.97. The van der Waals surface area contributed by atoms with Crippen molar-refractivity contribution in [3.63, 3.8) is 0 Å². The van der Waals surface area contributed by atoms with Crippen molar-refractivity contribution < 1.29 is 9.15 Å². The summed E-state index contributed by atoms with van der Waals surface area (Å²) >= 11 is 0. The van der Waals surface area contributed by atoms with Crippen LogP contribution in [0.25, 0.3) is 22.9 Å². The largest absolute Gasteiger partial charge is 0.494 e. The van der Waals surface area contributed by atoms with Crippen LogP contribution in [0.1, 0.15) is 19.8 Å². The van der Waals surface area contributed by atoms with Crippen LogP contribution in [0, 0.1) is 0 Å². The Kier molecular flexibility index (Phi) is 4.44. The Labute approximate surface area is 129 Å². The summed E-state index contributed by atoms with van der Waals surface area (Å²) in [6, 6.07) is 11.4. The summed E-state index contributed by atoms with van der Waals surface area (Å²) in [7, 11) is 0. The highest BCUT2D eigenvalue weighted by Crippen LogP contribution is 2.25. The molecule has 0 aliphatic carbocycles. The number of hydrogen-bond donors (Lipinski definition) is 0. The molecule has 0 saturated carbocycles. The van der Waals surface area contributed by atoms with E-state index in [-0.39, 0.29) is 0 Å². The number of rotatable bonds is 6. The zero-order chi connectivity index (χ0) is 15.2. The van der Waals surface area contributed by atoms with Gasteiger partial charge in [-0.05, 0) is 42.8 Å². The Morgan fingerprint density at radius 1 is 1.00 bits per heavy atom. The number of unbranched alkanes of at least 4 members (excludes halogenated alkanes) is 1. The molecule has 0 unspecified atom stereocenters. The van der Waals surface area contributed by atoms with Crippen molar-refractivity contribution in [2.24, 2.45) is 0 Å². The number of benzene rings is 1. The molecule has 22 heavy (non-hydrogen) atoms. The minimum Gasteiger partial charge on any atom is -0.494 e. The summed E-state index contributed by atoms with van der Waals surface area (Å²) in [4.78, 5) is 4.05. The summed E-state index contributed by atoms with van der Waals surface area (Å²) in [6.45, 7) is 2.88. The van der Waals surface area contributed by atoms with Crippen LogP contribution in [0.5, 0.6) is 5.75 Å². The van der Waals surface area contributed by atoms with Crippen molar-refractivity contribution >= 4 is 0 Å². The van der Waals surface area contributed by atoms with Crippen molar-refractivity contribution in [2.45, 2.75) is 19.8 Å². The predicted octanol–water partition coefficient (Wildman–Crippen LogP) is 3.98. The number of nitrogens with zero attached hydrogens (tertiary/aromatic N) is 3. The third kappa shape index (κ3) is 3.31. The first-order valence-corrected chi connectivity index (χ1v) is 7.34. The maximum atomic E-state index is 5.69. The van der Waals surface area contributed by atoms with Gasteiger partial charge in [-0.25, -0.2) is 0 Å². The Balaban J connectivity index is 1.73. The predicted molar refractivity (Wildman–Crippen MR) is 83.4 cm³/mol. The van der Waals surface area contributed by atoms with Gasteiger partial charge < -0.3 is 9.15 Å². The number of ether oxygens (including phenoxy) is 1. The first-order valence-electron chi connectivity index (χ1n) is 7.34. The van der Waals surface area contributed by atoms with Crippen LogP contribution in [-0.2, 0) is 0 Å². The van der Waals surface area contributed by atoms with E-state index in [2.05, 4.69) is 22.1 Å². The second kappa shape index (κ2) is 6.85. The molecule has 0 aliphatic rings. The van der Waals surface area contributed by atoms with E-state index in [1.807, 2.05) is 36.4 Å². The Hall–Kier alpha value is -2.69. The second-order valence-corrected chi connectivity index (χ2v) is 4.88. The third-order valence-corrected chi connectivity index (χ3v) is 3.20. The lowest BCUT2D eigenvalue weighted by molar-refractivity contribution is 0.309. The van der Waals surface area contributed by atoms with Gasteiger partial charge in [0.05, 0.1) is 12.2 Å². The lowest BCUT2D eigenvalue weighted by atomic mass is 10.2. The fourth-order valence-electron chi connectivity index (χ4n) is 1.97. The van der Waals surface area contributed by atoms with Crippen LogP contribution in [0.4, 0.5) is 0 Å². The topological polar surface area (TPSA) is 61.0 Å². The van der Waals surface area contributed by atoms with Crippen molar-refractivity contribution in [3.8, 4) is 28.7 Å². The van der Waals surface area contributed by atoms with E-state index < -0.39 is 0 Å². The average Bonchev–Trinajstić information content (AvgIpc) is 3.07. The van der Waals surface area contributed by atoms with Gasteiger partial charge in [-0.2, -0.15) is 0 Å². The van der Waals surface area contributed by atoms with Gasteiger partial charge in [0.1, 0.15) is 5.75 Å². The van der Waals surface area contributed by atoms with Gasteiger partial charge in [0.15, 0.2) is 0 Å². The molecule has 0 atom stereocenters. The van der Waals surface area contributed by atoms with Crippen LogP contribution < -0.4 is 4.74 Å². The molecule has 2 aromatic heterocycles. The van der Waals surface area contributed by atoms with Crippen LogP contribution in [0.15, 0.2) is 53.2 Å². The van der Waals surface area contributed by atoms with Gasteiger partial charge >= 0.3 is 0 Å². The normalized spacial score (nSPS) is 10.6. The molecule has 112 valence electrons. The first-order chi connectivity index (χ1) is 10.9. The van der Waals surface area contributed by atoms with Crippen molar-refractivity contribution in [3.05, 3.63) is 48.8 Å². The van der Waals surface area contributed by atoms with Crippen LogP contribution in [0.3, 0.4) is 0 Å². The van der Waals surface area contributed by atoms with Gasteiger partial charge in [-0.15, -0.1) is 10.2 Å². The molecule has 3 rings (SSSR count). The summed E-state index contributed by atoms with van der Waals surface area (Å²) in [5.74, 6) is 1.80. The molecule has 2 heterocycles. The van der Waals surface area contributed by atoms with Gasteiger partial charge in [0, 0.05) is 18.0 Å². The molecular weight excluding hydrogens is 278 g/mol. The molecule has 0 spiro atoms. The smallest absolute Gasteiger partial charge is 0.249 e. The fraction of sp³-hybridized carbons (Fsp3) is 0.235. The van der Waals surface area contributed by atoms with Gasteiger partial charge in [0.2, 0.25) is 11.8 Å². The molecule has 0 saturated heterocycles. The van der Waals surface area contributed by atoms with E-state index in [0.717, 1.165) is 36.3 Å². The highest BCUT2D eigenvalue weighted by atomic mass is 16.5. The second-order valence-electron chi connectivity index (χ2n) is 4.88. The van der Waals surface area contributed by atoms with Crippen molar-refractivity contribution in [2.75, 3.05) is 6.61 Å². The molecule has 1 aromatic carbocycles. The highest BCUT2D eigenvalue weighted by Gasteiger charge is 2.10. The molecule has 0 bridgehead atoms. The molecule has 3 aromatic rings. The maximum Gasteiger partial charge on any atom is 0.249 e. The molecule has 5 heteroatoms. The van der Waals surface area contributed by atoms with E-state index in [1.165, 1.54) is 0 Å². The van der Waals surface area contributed by atoms with Gasteiger partial charge in [-0.3, -0.25) is 4.98 Å². The van der Waals surface area contributed by atoms with Crippen molar-refractivity contribution in [1.82, 2.24) is 15.2 Å². The maximum absolute atomic E-state index is 5.69. The lowest BCUT2D eigenvalue weighted by Crippen LogP contribution is -1.95. The number of hydrogen-bond acceptors (Lipinski definition) is 5. The first kappa shape index (κ1) is 14.3. The van der Waals surface area contributed by atoms with E-state index >= 15 is 0 Å². The average molecular weight is 295 g/mol. The van der Waals surface area contributed by atoms with Crippen LogP contribution >= 0.6 is 0 Å². The molecular formula is C17H17N3O2. The SMILES string of the molecule is CCCCOc1ccc(-c2nnc(-c3cccnc3)o2)cc1. The number of pyridine rings is 1. The molecule has 0 N–H and O–H groups in total. The molecule has 0 aliphatic heterocycles. The minimum absolute atomic E-state index is 0.464. The molecule has 5 nitrogen and oxygen atoms in total. The third-order valence-electron chi connectivity index (χ3n) is 3.20. The summed E-state index contributed by atoms with van der Waals surface area (Å²) in [6.07, 6.45) is 5.58. The minimum atomic E-state index is 0.464. The zero-order valence-corrected chi connectivity index (χ0v) is 12.4. The summed E-state index contributed by atoms with van der Waals surface area (Å²) in [5.41, 5.74) is 1.67. The Morgan fingerprint density at radius 3 is 2.45 bits per heavy atom. The standard InChI is InChI=1S/C17H17N3O2/c1-2-3-11-21-15-8-6-13(7-9-15)16-19-20-17(22-16)14-5-4-10-18-12-14/h4-10,12H,2-3,11H2,1H3. The quantitative estimate of drug-likeness (QED) is 0.644. The van der Waals surface area contributed by atoms with E-state index in [0.29, 0.717) is 11.8 Å². The highest BCUT2D eigenvalue weighted by molar-refractivity contribution is 5.57. The van der Waals surface area contributed by atoms with E-state index in [9.17, 15) is 0 Å². The summed E-state index contributed by atoms with van der Waals surface area (Å²) < 4.78 is 11.3. The van der Waals surface area contributed by atoms with E-state index in [1.54, 1.807) is 12.4 Å². The van der Waals surface area contributed by atoms with Crippen LogP contribution in [0.2, 0.25) is 0 Å². The Bertz CT molecular complexity index is 708. The molecule has 0 amide bonds. The van der Waals surface area contributed by atoms with Crippen LogP contribution in [-0.4, -0.2) is 21.8 Å². The zero-order valence-electron chi connectivity index (χ0n) is 12.4. The van der Waals surface area contributed by atoms with E-state index in [4.69, 9.17) is 9.15 Å². The Morgan fingerprint density at radius 2 is 1.77 bits per heavy atom. The summed E-state index contributed by atoms with van der Waals surface area (Å²) in [5, 5.41) is 8.14. The van der Waals surface area contributed by atoms with Gasteiger partial charge in [0.25, 0.3) is 0 Å². The molecule has 0 fully saturated rings. The van der Waals surface area contributed by atoms with Crippen molar-refractivity contribution in [1.29, 1.82) is 0 Å². The van der Waals surface area contributed by atoms with Gasteiger partial charge in [-0.1, -0.05) is 13.3 Å². The molecule has 0 radical (unpaired) electrons. The number of aromatic nitrogens is 3. The lowest BCUT2D eigenvalue weighted by Gasteiger charge is -2.05.